The van der Waals surface area contributed by atoms with Crippen LogP contribution in [-0.4, -0.2) is 18.6 Å². The van der Waals surface area contributed by atoms with Gasteiger partial charge in [0.05, 0.1) is 4.47 Å². The molecule has 16 heavy (non-hydrogen) atoms. The fourth-order valence-electron chi connectivity index (χ4n) is 1.23. The van der Waals surface area contributed by atoms with Crippen LogP contribution >= 0.6 is 15.9 Å². The third-order valence-corrected chi connectivity index (χ3v) is 2.85. The summed E-state index contributed by atoms with van der Waals surface area (Å²) in [5.74, 6) is -0.217. The highest BCUT2D eigenvalue weighted by Gasteiger charge is 2.23. The minimum absolute atomic E-state index is 0.0848. The summed E-state index contributed by atoms with van der Waals surface area (Å²) in [6.45, 7) is -0.0848. The van der Waals surface area contributed by atoms with Gasteiger partial charge >= 0.3 is 0 Å². The minimum atomic E-state index is -0.388. The van der Waals surface area contributed by atoms with Crippen molar-refractivity contribution in [2.24, 2.45) is 0 Å². The Labute approximate surface area is 101 Å². The summed E-state index contributed by atoms with van der Waals surface area (Å²) >= 11 is 3.22. The molecule has 1 N–H and O–H groups in total. The molecule has 1 saturated carbocycles. The Morgan fingerprint density at radius 2 is 2.31 bits per heavy atom. The first kappa shape index (κ1) is 11.4. The van der Waals surface area contributed by atoms with E-state index in [4.69, 9.17) is 4.74 Å². The van der Waals surface area contributed by atoms with Crippen molar-refractivity contribution >= 4 is 21.8 Å². The molecule has 1 fully saturated rings. The number of nitrogens with one attached hydrogen (secondary N) is 1. The lowest BCUT2D eigenvalue weighted by molar-refractivity contribution is -0.123. The fraction of sp³-hybridized carbons (Fsp3) is 0.364. The van der Waals surface area contributed by atoms with Gasteiger partial charge in [-0.15, -0.1) is 0 Å². The molecular weight excluding hydrogens is 277 g/mol. The molecule has 0 atom stereocenters. The van der Waals surface area contributed by atoms with Gasteiger partial charge in [-0.25, -0.2) is 4.39 Å². The number of carbonyl (C=O) groups excluding carboxylic acids is 1. The number of benzene rings is 1. The van der Waals surface area contributed by atoms with Crippen LogP contribution < -0.4 is 10.1 Å². The molecule has 0 bridgehead atoms. The van der Waals surface area contributed by atoms with E-state index in [1.165, 1.54) is 12.1 Å². The molecule has 86 valence electrons. The molecule has 1 aliphatic carbocycles. The summed E-state index contributed by atoms with van der Waals surface area (Å²) < 4.78 is 18.7. The zero-order chi connectivity index (χ0) is 11.5. The monoisotopic (exact) mass is 287 g/mol. The zero-order valence-corrected chi connectivity index (χ0v) is 10.1. The van der Waals surface area contributed by atoms with E-state index < -0.39 is 0 Å². The van der Waals surface area contributed by atoms with Crippen molar-refractivity contribution in [3.63, 3.8) is 0 Å². The maximum atomic E-state index is 12.9. The maximum absolute atomic E-state index is 12.9. The van der Waals surface area contributed by atoms with Gasteiger partial charge < -0.3 is 10.1 Å². The topological polar surface area (TPSA) is 38.3 Å². The van der Waals surface area contributed by atoms with Gasteiger partial charge in [-0.3, -0.25) is 4.79 Å². The molecule has 1 aliphatic rings. The van der Waals surface area contributed by atoms with Crippen molar-refractivity contribution in [2.75, 3.05) is 6.61 Å². The molecule has 1 aromatic rings. The van der Waals surface area contributed by atoms with Crippen molar-refractivity contribution in [1.29, 1.82) is 0 Å². The Morgan fingerprint density at radius 1 is 1.56 bits per heavy atom. The second kappa shape index (κ2) is 4.82. The molecule has 0 aromatic heterocycles. The van der Waals surface area contributed by atoms with E-state index in [2.05, 4.69) is 21.2 Å². The average molecular weight is 288 g/mol. The second-order valence-corrected chi connectivity index (χ2v) is 4.56. The molecule has 0 aliphatic heterocycles. The lowest BCUT2D eigenvalue weighted by atomic mass is 10.3. The molecule has 0 radical (unpaired) electrons. The smallest absolute Gasteiger partial charge is 0.258 e. The standard InChI is InChI=1S/C11H11BrFNO2/c12-9-4-1-7(13)5-10(9)16-6-11(15)14-8-2-3-8/h1,4-5,8H,2-3,6H2,(H,14,15). The van der Waals surface area contributed by atoms with Crippen molar-refractivity contribution in [3.05, 3.63) is 28.5 Å². The Bertz CT molecular complexity index is 407. The highest BCUT2D eigenvalue weighted by molar-refractivity contribution is 9.10. The Balaban J connectivity index is 1.87. The van der Waals surface area contributed by atoms with Gasteiger partial charge in [-0.1, -0.05) is 0 Å². The first-order chi connectivity index (χ1) is 7.65. The lowest BCUT2D eigenvalue weighted by Crippen LogP contribution is -2.30. The van der Waals surface area contributed by atoms with E-state index in [1.807, 2.05) is 0 Å². The van der Waals surface area contributed by atoms with Crippen molar-refractivity contribution in [1.82, 2.24) is 5.32 Å². The van der Waals surface area contributed by atoms with Gasteiger partial charge in [0, 0.05) is 12.1 Å². The molecule has 1 aromatic carbocycles. The first-order valence-corrected chi connectivity index (χ1v) is 5.81. The largest absolute Gasteiger partial charge is 0.482 e. The van der Waals surface area contributed by atoms with Gasteiger partial charge in [0.1, 0.15) is 11.6 Å². The number of ether oxygens (including phenoxy) is 1. The van der Waals surface area contributed by atoms with Crippen LogP contribution in [0.15, 0.2) is 22.7 Å². The molecule has 0 saturated heterocycles. The minimum Gasteiger partial charge on any atom is -0.482 e. The summed E-state index contributed by atoms with van der Waals surface area (Å²) in [6, 6.07) is 4.42. The highest BCUT2D eigenvalue weighted by Crippen LogP contribution is 2.25. The Hall–Kier alpha value is -1.10. The molecule has 2 rings (SSSR count). The molecular formula is C11H11BrFNO2. The third kappa shape index (κ3) is 3.20. The van der Waals surface area contributed by atoms with Crippen molar-refractivity contribution < 1.29 is 13.9 Å². The Morgan fingerprint density at radius 3 is 3.00 bits per heavy atom. The van der Waals surface area contributed by atoms with Gasteiger partial charge in [-0.2, -0.15) is 0 Å². The van der Waals surface area contributed by atoms with E-state index in [1.54, 1.807) is 6.07 Å². The number of hydrogen-bond donors (Lipinski definition) is 1. The van der Waals surface area contributed by atoms with Crippen LogP contribution in [0.5, 0.6) is 5.75 Å². The van der Waals surface area contributed by atoms with Crippen LogP contribution in [0.25, 0.3) is 0 Å². The van der Waals surface area contributed by atoms with E-state index in [0.717, 1.165) is 12.8 Å². The van der Waals surface area contributed by atoms with Crippen LogP contribution in [0.2, 0.25) is 0 Å². The number of rotatable bonds is 4. The van der Waals surface area contributed by atoms with Crippen LogP contribution in [0.1, 0.15) is 12.8 Å². The molecule has 0 heterocycles. The predicted molar refractivity (Wildman–Crippen MR) is 60.8 cm³/mol. The fourth-order valence-corrected chi connectivity index (χ4v) is 1.59. The average Bonchev–Trinajstić information content (AvgIpc) is 3.03. The van der Waals surface area contributed by atoms with E-state index in [0.29, 0.717) is 16.3 Å². The molecule has 3 nitrogen and oxygen atoms in total. The molecule has 1 amide bonds. The number of amides is 1. The molecule has 0 spiro atoms. The quantitative estimate of drug-likeness (QED) is 0.922. The SMILES string of the molecule is O=C(COc1cc(F)ccc1Br)NC1CC1. The predicted octanol–water partition coefficient (Wildman–Crippen LogP) is 2.25. The molecule has 0 unspecified atom stereocenters. The first-order valence-electron chi connectivity index (χ1n) is 5.02. The summed E-state index contributed by atoms with van der Waals surface area (Å²) in [5.41, 5.74) is 0. The van der Waals surface area contributed by atoms with Gasteiger partial charge in [-0.05, 0) is 40.9 Å². The van der Waals surface area contributed by atoms with Crippen LogP contribution in [0, 0.1) is 5.82 Å². The summed E-state index contributed by atoms with van der Waals surface area (Å²) in [7, 11) is 0. The summed E-state index contributed by atoms with van der Waals surface area (Å²) in [6.07, 6.45) is 2.07. The number of carbonyl (C=O) groups is 1. The highest BCUT2D eigenvalue weighted by atomic mass is 79.9. The number of halogens is 2. The third-order valence-electron chi connectivity index (χ3n) is 2.19. The molecule has 5 heteroatoms. The summed E-state index contributed by atoms with van der Waals surface area (Å²) in [5, 5.41) is 2.79. The van der Waals surface area contributed by atoms with Crippen LogP contribution in [0.4, 0.5) is 4.39 Å². The summed E-state index contributed by atoms with van der Waals surface area (Å²) in [4.78, 5) is 11.3. The van der Waals surface area contributed by atoms with Crippen molar-refractivity contribution in [2.45, 2.75) is 18.9 Å². The maximum Gasteiger partial charge on any atom is 0.258 e. The zero-order valence-electron chi connectivity index (χ0n) is 8.50. The normalized spacial score (nSPS) is 14.6. The lowest BCUT2D eigenvalue weighted by Gasteiger charge is -2.08. The Kier molecular flexibility index (Phi) is 3.43. The van der Waals surface area contributed by atoms with Gasteiger partial charge in [0.25, 0.3) is 5.91 Å². The van der Waals surface area contributed by atoms with E-state index in [9.17, 15) is 9.18 Å². The number of hydrogen-bond acceptors (Lipinski definition) is 2. The van der Waals surface area contributed by atoms with E-state index in [-0.39, 0.29) is 18.3 Å². The van der Waals surface area contributed by atoms with Crippen LogP contribution in [0.3, 0.4) is 0 Å². The second-order valence-electron chi connectivity index (χ2n) is 3.71. The van der Waals surface area contributed by atoms with Crippen LogP contribution in [-0.2, 0) is 4.79 Å². The van der Waals surface area contributed by atoms with Crippen molar-refractivity contribution in [3.8, 4) is 5.75 Å². The van der Waals surface area contributed by atoms with E-state index >= 15 is 0 Å². The van der Waals surface area contributed by atoms with Gasteiger partial charge in [0.2, 0.25) is 0 Å². The van der Waals surface area contributed by atoms with Gasteiger partial charge in [0.15, 0.2) is 6.61 Å².